The second-order valence-corrected chi connectivity index (χ2v) is 8.13. The van der Waals surface area contributed by atoms with Gasteiger partial charge in [0.2, 0.25) is 0 Å². The molecule has 5 rings (SSSR count). The lowest BCUT2D eigenvalue weighted by Crippen LogP contribution is -2.19. The number of hydrogen-bond acceptors (Lipinski definition) is 2. The van der Waals surface area contributed by atoms with Crippen molar-refractivity contribution in [2.75, 3.05) is 0 Å². The first kappa shape index (κ1) is 15.6. The van der Waals surface area contributed by atoms with E-state index in [1.807, 2.05) is 0 Å². The van der Waals surface area contributed by atoms with Crippen LogP contribution in [0.25, 0.3) is 5.57 Å². The van der Waals surface area contributed by atoms with E-state index in [4.69, 9.17) is 0 Å². The minimum atomic E-state index is -2.48. The first-order valence-corrected chi connectivity index (χ1v) is 9.29. The van der Waals surface area contributed by atoms with Crippen LogP contribution in [0.1, 0.15) is 62.4 Å². The average Bonchev–Trinajstić information content (AvgIpc) is 3.12. The molecule has 25 heavy (non-hydrogen) atoms. The van der Waals surface area contributed by atoms with E-state index in [1.165, 1.54) is 0 Å². The zero-order chi connectivity index (χ0) is 17.3. The Morgan fingerprint density at radius 2 is 1.96 bits per heavy atom. The van der Waals surface area contributed by atoms with Crippen molar-refractivity contribution in [3.63, 3.8) is 0 Å². The van der Waals surface area contributed by atoms with Crippen LogP contribution in [0.3, 0.4) is 0 Å². The molecule has 0 saturated heterocycles. The molecule has 134 valence electrons. The van der Waals surface area contributed by atoms with Crippen molar-refractivity contribution in [3.05, 3.63) is 30.4 Å². The van der Waals surface area contributed by atoms with E-state index in [2.05, 4.69) is 28.8 Å². The second-order valence-electron chi connectivity index (χ2n) is 8.13. The van der Waals surface area contributed by atoms with Gasteiger partial charge in [0.05, 0.1) is 6.04 Å². The molecule has 0 radical (unpaired) electrons. The Morgan fingerprint density at radius 1 is 1.20 bits per heavy atom. The Labute approximate surface area is 145 Å². The SMILES string of the molecule is C=C(c1nc2n(n1)C(C1CC=CCC1)CC2F)C1CC2C(C1)C2(F)F. The van der Waals surface area contributed by atoms with Crippen LogP contribution in [0.2, 0.25) is 0 Å². The van der Waals surface area contributed by atoms with Crippen molar-refractivity contribution in [3.8, 4) is 0 Å². The average molecular weight is 349 g/mol. The number of aromatic nitrogens is 3. The van der Waals surface area contributed by atoms with Gasteiger partial charge in [-0.15, -0.1) is 0 Å². The predicted molar refractivity (Wildman–Crippen MR) is 87.7 cm³/mol. The summed E-state index contributed by atoms with van der Waals surface area (Å²) in [5, 5.41) is 4.57. The minimum Gasteiger partial charge on any atom is -0.243 e. The highest BCUT2D eigenvalue weighted by atomic mass is 19.3. The Bertz CT molecular complexity index is 739. The molecule has 0 amide bonds. The van der Waals surface area contributed by atoms with E-state index >= 15 is 0 Å². The van der Waals surface area contributed by atoms with Crippen LogP contribution in [0.4, 0.5) is 13.2 Å². The molecule has 4 aliphatic rings. The van der Waals surface area contributed by atoms with Crippen molar-refractivity contribution in [2.24, 2.45) is 23.7 Å². The molecular weight excluding hydrogens is 327 g/mol. The monoisotopic (exact) mass is 349 g/mol. The summed E-state index contributed by atoms with van der Waals surface area (Å²) in [6, 6.07) is 0.0466. The summed E-state index contributed by atoms with van der Waals surface area (Å²) in [4.78, 5) is 4.41. The van der Waals surface area contributed by atoms with Gasteiger partial charge in [0.15, 0.2) is 17.8 Å². The Morgan fingerprint density at radius 3 is 2.64 bits per heavy atom. The summed E-state index contributed by atoms with van der Waals surface area (Å²) in [6.45, 7) is 4.07. The molecule has 3 nitrogen and oxygen atoms in total. The predicted octanol–water partition coefficient (Wildman–Crippen LogP) is 4.89. The zero-order valence-electron chi connectivity index (χ0n) is 14.0. The third-order valence-electron chi connectivity index (χ3n) is 6.78. The molecule has 0 spiro atoms. The van der Waals surface area contributed by atoms with Crippen LogP contribution in [0, 0.1) is 23.7 Å². The van der Waals surface area contributed by atoms with E-state index in [1.54, 1.807) is 4.68 Å². The van der Waals surface area contributed by atoms with Gasteiger partial charge in [-0.05, 0) is 49.5 Å². The fraction of sp³-hybridized carbons (Fsp3) is 0.684. The van der Waals surface area contributed by atoms with E-state index in [-0.39, 0.29) is 12.0 Å². The van der Waals surface area contributed by atoms with Crippen LogP contribution in [-0.2, 0) is 0 Å². The van der Waals surface area contributed by atoms with Crippen molar-refractivity contribution < 1.29 is 13.2 Å². The molecule has 5 unspecified atom stereocenters. The smallest absolute Gasteiger partial charge is 0.243 e. The number of hydrogen-bond donors (Lipinski definition) is 0. The van der Waals surface area contributed by atoms with Crippen LogP contribution < -0.4 is 0 Å². The Balaban J connectivity index is 1.36. The summed E-state index contributed by atoms with van der Waals surface area (Å²) in [5.74, 6) is -2.23. The topological polar surface area (TPSA) is 30.7 Å². The molecule has 0 bridgehead atoms. The van der Waals surface area contributed by atoms with Gasteiger partial charge in [-0.25, -0.2) is 22.8 Å². The van der Waals surface area contributed by atoms with Gasteiger partial charge in [-0.2, -0.15) is 5.10 Å². The molecule has 1 aromatic rings. The Hall–Kier alpha value is -1.59. The minimum absolute atomic E-state index is 0.00637. The van der Waals surface area contributed by atoms with Gasteiger partial charge in [-0.3, -0.25) is 0 Å². The van der Waals surface area contributed by atoms with Crippen LogP contribution in [-0.4, -0.2) is 20.7 Å². The maximum absolute atomic E-state index is 14.5. The Kier molecular flexibility index (Phi) is 3.26. The van der Waals surface area contributed by atoms with E-state index in [0.717, 1.165) is 19.3 Å². The van der Waals surface area contributed by atoms with Gasteiger partial charge in [-0.1, -0.05) is 18.7 Å². The van der Waals surface area contributed by atoms with Crippen LogP contribution in [0.5, 0.6) is 0 Å². The van der Waals surface area contributed by atoms with E-state index < -0.39 is 23.9 Å². The van der Waals surface area contributed by atoms with Gasteiger partial charge < -0.3 is 0 Å². The van der Waals surface area contributed by atoms with Gasteiger partial charge in [0.1, 0.15) is 0 Å². The molecule has 2 saturated carbocycles. The summed E-state index contributed by atoms with van der Waals surface area (Å²) in [5.41, 5.74) is 0.708. The third kappa shape index (κ3) is 2.25. The number of halogens is 3. The standard InChI is InChI=1S/C19H22F3N3/c1-10(12-7-13-14(8-12)19(13,21)22)17-23-18-15(20)9-16(25(18)24-17)11-5-3-2-4-6-11/h2-3,11-16H,1,4-9H2. The summed E-state index contributed by atoms with van der Waals surface area (Å²) < 4.78 is 43.0. The summed E-state index contributed by atoms with van der Waals surface area (Å²) in [7, 11) is 0. The normalized spacial score (nSPS) is 40.8. The van der Waals surface area contributed by atoms with Crippen molar-refractivity contribution in [1.29, 1.82) is 0 Å². The maximum Gasteiger partial charge on any atom is 0.254 e. The summed E-state index contributed by atoms with van der Waals surface area (Å²) >= 11 is 0. The first-order valence-electron chi connectivity index (χ1n) is 9.29. The summed E-state index contributed by atoms with van der Waals surface area (Å²) in [6.07, 6.45) is 7.63. The highest BCUT2D eigenvalue weighted by Gasteiger charge is 2.71. The lowest BCUT2D eigenvalue weighted by atomic mass is 9.86. The maximum atomic E-state index is 14.5. The van der Waals surface area contributed by atoms with Crippen molar-refractivity contribution in [1.82, 2.24) is 14.8 Å². The second kappa shape index (κ2) is 5.21. The molecule has 1 aliphatic heterocycles. The van der Waals surface area contributed by atoms with Crippen molar-refractivity contribution in [2.45, 2.75) is 56.7 Å². The quantitative estimate of drug-likeness (QED) is 0.727. The number of rotatable bonds is 3. The van der Waals surface area contributed by atoms with E-state index in [0.29, 0.717) is 42.4 Å². The molecule has 3 aliphatic carbocycles. The lowest BCUT2D eigenvalue weighted by Gasteiger charge is -2.24. The molecule has 1 aromatic heterocycles. The molecule has 2 fully saturated rings. The highest BCUT2D eigenvalue weighted by Crippen LogP contribution is 2.67. The fourth-order valence-corrected chi connectivity index (χ4v) is 5.18. The number of allylic oxidation sites excluding steroid dienone is 3. The fourth-order valence-electron chi connectivity index (χ4n) is 5.18. The van der Waals surface area contributed by atoms with Crippen molar-refractivity contribution >= 4 is 5.57 Å². The zero-order valence-corrected chi connectivity index (χ0v) is 14.0. The van der Waals surface area contributed by atoms with Gasteiger partial charge in [0.25, 0.3) is 5.92 Å². The molecule has 5 atom stereocenters. The molecule has 0 N–H and O–H groups in total. The molecule has 0 aromatic carbocycles. The lowest BCUT2D eigenvalue weighted by molar-refractivity contribution is 0.0682. The van der Waals surface area contributed by atoms with Crippen LogP contribution in [0.15, 0.2) is 18.7 Å². The molecule has 2 heterocycles. The number of fused-ring (bicyclic) bond motifs is 2. The van der Waals surface area contributed by atoms with E-state index in [9.17, 15) is 13.2 Å². The highest BCUT2D eigenvalue weighted by molar-refractivity contribution is 5.60. The van der Waals surface area contributed by atoms with Gasteiger partial charge in [0, 0.05) is 18.3 Å². The van der Waals surface area contributed by atoms with Gasteiger partial charge >= 0.3 is 0 Å². The third-order valence-corrected chi connectivity index (χ3v) is 6.78. The number of nitrogens with zero attached hydrogens (tertiary/aromatic N) is 3. The molecular formula is C19H22F3N3. The largest absolute Gasteiger partial charge is 0.254 e. The molecule has 6 heteroatoms. The first-order chi connectivity index (χ1) is 12.0. The number of alkyl halides is 3. The van der Waals surface area contributed by atoms with Crippen LogP contribution >= 0.6 is 0 Å².